The molecule has 0 saturated heterocycles. The van der Waals surface area contributed by atoms with Crippen molar-refractivity contribution >= 4 is 5.78 Å². The van der Waals surface area contributed by atoms with Crippen LogP contribution in [-0.4, -0.2) is 16.5 Å². The first-order valence-corrected chi connectivity index (χ1v) is 8.95. The molecule has 0 heterocycles. The molecule has 2 nitrogen and oxygen atoms in total. The van der Waals surface area contributed by atoms with Crippen LogP contribution in [0, 0.1) is 28.6 Å². The molecule has 0 aromatic carbocycles. The molecule has 120 valence electrons. The summed E-state index contributed by atoms with van der Waals surface area (Å²) in [5, 5.41) is 10.9. The van der Waals surface area contributed by atoms with Crippen molar-refractivity contribution in [3.8, 4) is 0 Å². The van der Waals surface area contributed by atoms with Crippen LogP contribution >= 0.6 is 0 Å². The van der Waals surface area contributed by atoms with Gasteiger partial charge in [-0.25, -0.2) is 0 Å². The summed E-state index contributed by atoms with van der Waals surface area (Å²) in [4.78, 5) is 11.7. The maximum atomic E-state index is 11.7. The molecule has 0 aromatic rings. The summed E-state index contributed by atoms with van der Waals surface area (Å²) in [6.45, 7) is 6.73. The minimum atomic E-state index is -0.502. The highest BCUT2D eigenvalue weighted by atomic mass is 16.3. The summed E-state index contributed by atoms with van der Waals surface area (Å²) in [7, 11) is 0. The van der Waals surface area contributed by atoms with Gasteiger partial charge in [0.05, 0.1) is 5.60 Å². The number of allylic oxidation sites excluding steroid dienone is 4. The Kier molecular flexibility index (Phi) is 2.90. The van der Waals surface area contributed by atoms with E-state index in [0.29, 0.717) is 17.8 Å². The molecule has 4 aliphatic rings. The van der Waals surface area contributed by atoms with Gasteiger partial charge >= 0.3 is 0 Å². The number of hydrogen-bond acceptors (Lipinski definition) is 2. The van der Waals surface area contributed by atoms with Crippen LogP contribution in [0.2, 0.25) is 0 Å². The Morgan fingerprint density at radius 1 is 1.09 bits per heavy atom. The van der Waals surface area contributed by atoms with Gasteiger partial charge in [-0.3, -0.25) is 4.79 Å². The molecule has 0 spiro atoms. The summed E-state index contributed by atoms with van der Waals surface area (Å²) in [5.41, 5.74) is 1.01. The third-order valence-electron chi connectivity index (χ3n) is 8.12. The fraction of sp³-hybridized carbons (Fsp3) is 0.750. The molecule has 0 amide bonds. The van der Waals surface area contributed by atoms with E-state index in [1.54, 1.807) is 6.08 Å². The average molecular weight is 300 g/mol. The van der Waals surface area contributed by atoms with Crippen molar-refractivity contribution in [1.82, 2.24) is 0 Å². The Hall–Kier alpha value is -0.890. The Morgan fingerprint density at radius 2 is 1.82 bits per heavy atom. The zero-order chi connectivity index (χ0) is 15.8. The van der Waals surface area contributed by atoms with Gasteiger partial charge in [0.1, 0.15) is 0 Å². The molecule has 3 saturated carbocycles. The van der Waals surface area contributed by atoms with Gasteiger partial charge in [-0.05, 0) is 80.8 Å². The third-order valence-corrected chi connectivity index (χ3v) is 8.12. The number of aliphatic hydroxyl groups is 1. The summed E-state index contributed by atoms with van der Waals surface area (Å²) in [5.74, 6) is 2.15. The molecule has 0 aliphatic heterocycles. The topological polar surface area (TPSA) is 37.3 Å². The highest BCUT2D eigenvalue weighted by molar-refractivity contribution is 6.01. The number of rotatable bonds is 0. The lowest BCUT2D eigenvalue weighted by atomic mass is 9.47. The van der Waals surface area contributed by atoms with Crippen molar-refractivity contribution in [2.45, 2.75) is 64.9 Å². The molecule has 0 aromatic heterocycles. The number of carbonyl (C=O) groups is 1. The fourth-order valence-electron chi connectivity index (χ4n) is 6.44. The summed E-state index contributed by atoms with van der Waals surface area (Å²) < 4.78 is 0. The maximum absolute atomic E-state index is 11.7. The van der Waals surface area contributed by atoms with Gasteiger partial charge in [-0.2, -0.15) is 0 Å². The molecule has 0 radical (unpaired) electrons. The number of ketones is 1. The molecule has 2 heteroatoms. The first-order valence-electron chi connectivity index (χ1n) is 8.95. The maximum Gasteiger partial charge on any atom is 0.178 e. The predicted molar refractivity (Wildman–Crippen MR) is 87.2 cm³/mol. The van der Waals surface area contributed by atoms with Crippen molar-refractivity contribution in [3.05, 3.63) is 23.8 Å². The molecule has 3 fully saturated rings. The SMILES string of the molecule is CC1(O)CC[C@H]2[C@@H]3CCC4=CC(=O)C=C[C@]4(C)[C@@H]3CC[C@@]21C. The van der Waals surface area contributed by atoms with Crippen LogP contribution in [-0.2, 0) is 4.79 Å². The monoisotopic (exact) mass is 300 g/mol. The van der Waals surface area contributed by atoms with Gasteiger partial charge < -0.3 is 5.11 Å². The van der Waals surface area contributed by atoms with Crippen LogP contribution in [0.25, 0.3) is 0 Å². The fourth-order valence-corrected chi connectivity index (χ4v) is 6.44. The molecular weight excluding hydrogens is 272 g/mol. The quantitative estimate of drug-likeness (QED) is 0.733. The number of hydrogen-bond donors (Lipinski definition) is 1. The summed E-state index contributed by atoms with van der Waals surface area (Å²) >= 11 is 0. The third kappa shape index (κ3) is 1.68. The Labute approximate surface area is 133 Å². The van der Waals surface area contributed by atoms with Crippen LogP contribution in [0.3, 0.4) is 0 Å². The molecule has 4 rings (SSSR count). The van der Waals surface area contributed by atoms with Gasteiger partial charge in [0, 0.05) is 5.41 Å². The lowest BCUT2D eigenvalue weighted by Crippen LogP contribution is -2.53. The highest BCUT2D eigenvalue weighted by Crippen LogP contribution is 2.66. The van der Waals surface area contributed by atoms with Gasteiger partial charge in [-0.1, -0.05) is 25.5 Å². The molecule has 0 bridgehead atoms. The standard InChI is InChI=1S/C20H28O2/c1-18-9-6-14(21)12-13(18)4-5-15-16(18)7-10-19(2)17(15)8-11-20(19,3)22/h6,9,12,15-17,22H,4-5,7-8,10-11H2,1-3H3/t15-,16-,17+,18+,19+,20?/m1/s1. The first kappa shape index (κ1) is 14.7. The second kappa shape index (κ2) is 4.35. The number of carbonyl (C=O) groups excluding carboxylic acids is 1. The first-order chi connectivity index (χ1) is 10.3. The van der Waals surface area contributed by atoms with E-state index in [4.69, 9.17) is 0 Å². The van der Waals surface area contributed by atoms with Gasteiger partial charge in [0.15, 0.2) is 5.78 Å². The Balaban J connectivity index is 1.71. The van der Waals surface area contributed by atoms with E-state index in [1.807, 2.05) is 6.08 Å². The van der Waals surface area contributed by atoms with E-state index in [0.717, 1.165) is 19.3 Å². The predicted octanol–water partition coefficient (Wildman–Crippen LogP) is 4.05. The van der Waals surface area contributed by atoms with Crippen LogP contribution in [0.15, 0.2) is 23.8 Å². The normalized spacial score (nSPS) is 53.5. The lowest BCUT2D eigenvalue weighted by Gasteiger charge is -2.57. The second-order valence-corrected chi connectivity index (χ2v) is 8.87. The highest BCUT2D eigenvalue weighted by Gasteiger charge is 2.61. The smallest absolute Gasteiger partial charge is 0.178 e. The van der Waals surface area contributed by atoms with E-state index >= 15 is 0 Å². The van der Waals surface area contributed by atoms with E-state index in [9.17, 15) is 9.90 Å². The Bertz CT molecular complexity index is 585. The van der Waals surface area contributed by atoms with Crippen LogP contribution in [0.1, 0.15) is 59.3 Å². The minimum Gasteiger partial charge on any atom is -0.390 e. The molecule has 1 N–H and O–H groups in total. The van der Waals surface area contributed by atoms with E-state index < -0.39 is 5.60 Å². The zero-order valence-electron chi connectivity index (χ0n) is 14.1. The van der Waals surface area contributed by atoms with Gasteiger partial charge in [-0.15, -0.1) is 0 Å². The van der Waals surface area contributed by atoms with Crippen molar-refractivity contribution in [3.63, 3.8) is 0 Å². The second-order valence-electron chi connectivity index (χ2n) is 8.87. The van der Waals surface area contributed by atoms with Crippen molar-refractivity contribution in [2.24, 2.45) is 28.6 Å². The van der Waals surface area contributed by atoms with E-state index in [-0.39, 0.29) is 16.6 Å². The zero-order valence-corrected chi connectivity index (χ0v) is 14.1. The lowest BCUT2D eigenvalue weighted by molar-refractivity contribution is -0.114. The summed E-state index contributed by atoms with van der Waals surface area (Å²) in [6.07, 6.45) is 12.5. The van der Waals surface area contributed by atoms with Crippen LogP contribution in [0.5, 0.6) is 0 Å². The summed E-state index contributed by atoms with van der Waals surface area (Å²) in [6, 6.07) is 0. The largest absolute Gasteiger partial charge is 0.390 e. The van der Waals surface area contributed by atoms with Gasteiger partial charge in [0.25, 0.3) is 0 Å². The molecule has 6 atom stereocenters. The molecule has 22 heavy (non-hydrogen) atoms. The van der Waals surface area contributed by atoms with Gasteiger partial charge in [0.2, 0.25) is 0 Å². The average Bonchev–Trinajstić information content (AvgIpc) is 2.70. The van der Waals surface area contributed by atoms with Crippen LogP contribution in [0.4, 0.5) is 0 Å². The van der Waals surface area contributed by atoms with Crippen molar-refractivity contribution < 1.29 is 9.90 Å². The van der Waals surface area contributed by atoms with Crippen LogP contribution < -0.4 is 0 Å². The molecular formula is C20H28O2. The van der Waals surface area contributed by atoms with E-state index in [1.165, 1.54) is 24.8 Å². The van der Waals surface area contributed by atoms with Crippen molar-refractivity contribution in [2.75, 3.05) is 0 Å². The molecule has 4 aliphatic carbocycles. The molecule has 1 unspecified atom stereocenters. The Morgan fingerprint density at radius 3 is 2.59 bits per heavy atom. The van der Waals surface area contributed by atoms with E-state index in [2.05, 4.69) is 26.8 Å². The van der Waals surface area contributed by atoms with Crippen molar-refractivity contribution in [1.29, 1.82) is 0 Å². The minimum absolute atomic E-state index is 0.0760. The number of fused-ring (bicyclic) bond motifs is 5.